The summed E-state index contributed by atoms with van der Waals surface area (Å²) in [6.45, 7) is 0. The van der Waals surface area contributed by atoms with Crippen LogP contribution in [0.15, 0.2) is 64.8 Å². The van der Waals surface area contributed by atoms with Crippen molar-refractivity contribution in [2.45, 2.75) is 0 Å². The molecule has 0 aromatic heterocycles. The van der Waals surface area contributed by atoms with Gasteiger partial charge in [-0.3, -0.25) is 0 Å². The summed E-state index contributed by atoms with van der Waals surface area (Å²) in [5.74, 6) is 0. The maximum atomic E-state index is 5.84. The largest absolute Gasteiger partial charge is 0.212 e. The Bertz CT molecular complexity index is 485. The molecule has 0 aliphatic carbocycles. The standard InChI is InChI=1S/C12H9ClN2Si/c13-16-12-9-5-4-8-11(12)15-14-10-6-2-1-3-7-10/h1-9H. The molecule has 0 amide bonds. The Hall–Kier alpha value is -1.45. The summed E-state index contributed by atoms with van der Waals surface area (Å²) in [6.07, 6.45) is 0. The molecule has 0 atom stereocenters. The summed E-state index contributed by atoms with van der Waals surface area (Å²) in [4.78, 5) is 0. The quantitative estimate of drug-likeness (QED) is 0.448. The van der Waals surface area contributed by atoms with Gasteiger partial charge < -0.3 is 0 Å². The number of nitrogens with zero attached hydrogens (tertiary/aromatic N) is 2. The lowest BCUT2D eigenvalue weighted by Gasteiger charge is -1.98. The molecule has 4 heteroatoms. The van der Waals surface area contributed by atoms with Crippen molar-refractivity contribution in [2.24, 2.45) is 10.2 Å². The molecule has 2 aromatic carbocycles. The number of hydrogen-bond donors (Lipinski definition) is 0. The van der Waals surface area contributed by atoms with Crippen LogP contribution in [0.5, 0.6) is 0 Å². The lowest BCUT2D eigenvalue weighted by molar-refractivity contribution is 1.24. The maximum Gasteiger partial charge on any atom is 0.212 e. The second kappa shape index (κ2) is 5.58. The smallest absolute Gasteiger partial charge is 0.165 e. The van der Waals surface area contributed by atoms with Gasteiger partial charge in [-0.25, -0.2) is 0 Å². The van der Waals surface area contributed by atoms with Crippen LogP contribution in [-0.4, -0.2) is 8.83 Å². The van der Waals surface area contributed by atoms with Gasteiger partial charge in [0.1, 0.15) is 0 Å². The summed E-state index contributed by atoms with van der Waals surface area (Å²) in [6, 6.07) is 17.4. The molecule has 0 saturated carbocycles. The average Bonchev–Trinajstić information content (AvgIpc) is 2.38. The van der Waals surface area contributed by atoms with Gasteiger partial charge >= 0.3 is 0 Å². The highest BCUT2D eigenvalue weighted by molar-refractivity contribution is 7.01. The lowest BCUT2D eigenvalue weighted by Crippen LogP contribution is -2.07. The Balaban J connectivity index is 2.24. The van der Waals surface area contributed by atoms with Gasteiger partial charge in [-0.15, -0.1) is 0 Å². The van der Waals surface area contributed by atoms with E-state index in [9.17, 15) is 0 Å². The molecule has 0 saturated heterocycles. The van der Waals surface area contributed by atoms with Gasteiger partial charge in [0.25, 0.3) is 0 Å². The van der Waals surface area contributed by atoms with Crippen LogP contribution >= 0.6 is 11.1 Å². The van der Waals surface area contributed by atoms with Crippen molar-refractivity contribution < 1.29 is 0 Å². The van der Waals surface area contributed by atoms with Crippen LogP contribution in [0.25, 0.3) is 0 Å². The van der Waals surface area contributed by atoms with Gasteiger partial charge in [-0.05, 0) is 23.4 Å². The zero-order valence-corrected chi connectivity index (χ0v) is 10.2. The molecule has 0 fully saturated rings. The third-order valence-electron chi connectivity index (χ3n) is 2.04. The molecule has 0 aliphatic heterocycles. The van der Waals surface area contributed by atoms with E-state index in [2.05, 4.69) is 10.2 Å². The highest BCUT2D eigenvalue weighted by Crippen LogP contribution is 2.15. The molecule has 16 heavy (non-hydrogen) atoms. The van der Waals surface area contributed by atoms with E-state index < -0.39 is 0 Å². The number of azo groups is 1. The highest BCUT2D eigenvalue weighted by atomic mass is 35.6. The second-order valence-corrected chi connectivity index (χ2v) is 4.44. The van der Waals surface area contributed by atoms with Gasteiger partial charge in [0.2, 0.25) is 8.83 Å². The van der Waals surface area contributed by atoms with Crippen LogP contribution in [0.1, 0.15) is 0 Å². The number of hydrogen-bond acceptors (Lipinski definition) is 2. The Morgan fingerprint density at radius 1 is 0.812 bits per heavy atom. The molecular formula is C12H9ClN2Si. The van der Waals surface area contributed by atoms with Crippen LogP contribution in [0.2, 0.25) is 0 Å². The normalized spacial score (nSPS) is 10.8. The first-order valence-electron chi connectivity index (χ1n) is 4.82. The molecule has 78 valence electrons. The first-order valence-corrected chi connectivity index (χ1v) is 6.84. The van der Waals surface area contributed by atoms with Gasteiger partial charge in [-0.1, -0.05) is 36.4 Å². The van der Waals surface area contributed by atoms with E-state index >= 15 is 0 Å². The van der Waals surface area contributed by atoms with E-state index in [4.69, 9.17) is 11.1 Å². The summed E-state index contributed by atoms with van der Waals surface area (Å²) >= 11 is 5.84. The molecule has 2 nitrogen and oxygen atoms in total. The van der Waals surface area contributed by atoms with Crippen LogP contribution in [0.3, 0.4) is 0 Å². The monoisotopic (exact) mass is 244 g/mol. The van der Waals surface area contributed by atoms with Crippen molar-refractivity contribution in [2.75, 3.05) is 0 Å². The van der Waals surface area contributed by atoms with Crippen molar-refractivity contribution in [1.29, 1.82) is 0 Å². The number of rotatable bonds is 3. The highest BCUT2D eigenvalue weighted by Gasteiger charge is 1.99. The summed E-state index contributed by atoms with van der Waals surface area (Å²) < 4.78 is 0. The number of benzene rings is 2. The minimum atomic E-state index is 0.215. The van der Waals surface area contributed by atoms with Crippen molar-refractivity contribution in [3.05, 3.63) is 54.6 Å². The van der Waals surface area contributed by atoms with E-state index in [1.54, 1.807) is 0 Å². The first kappa shape index (κ1) is 11.0. The molecule has 0 spiro atoms. The first-order chi connectivity index (χ1) is 7.90. The fraction of sp³-hybridized carbons (Fsp3) is 0. The van der Waals surface area contributed by atoms with Crippen molar-refractivity contribution in [3.8, 4) is 0 Å². The summed E-state index contributed by atoms with van der Waals surface area (Å²) in [5.41, 5.74) is 1.68. The summed E-state index contributed by atoms with van der Waals surface area (Å²) in [5, 5.41) is 9.37. The van der Waals surface area contributed by atoms with Gasteiger partial charge in [0.05, 0.1) is 11.4 Å². The zero-order chi connectivity index (χ0) is 11.2. The van der Waals surface area contributed by atoms with Crippen LogP contribution in [0.4, 0.5) is 11.4 Å². The second-order valence-electron chi connectivity index (χ2n) is 3.15. The Kier molecular flexibility index (Phi) is 3.85. The molecular weight excluding hydrogens is 236 g/mol. The van der Waals surface area contributed by atoms with Crippen molar-refractivity contribution in [1.82, 2.24) is 0 Å². The predicted octanol–water partition coefficient (Wildman–Crippen LogP) is 3.59. The van der Waals surface area contributed by atoms with Crippen LogP contribution < -0.4 is 5.19 Å². The third kappa shape index (κ3) is 2.78. The fourth-order valence-electron chi connectivity index (χ4n) is 1.25. The average molecular weight is 245 g/mol. The van der Waals surface area contributed by atoms with E-state index in [1.807, 2.05) is 54.6 Å². The molecule has 0 unspecified atom stereocenters. The maximum absolute atomic E-state index is 5.84. The molecule has 0 N–H and O–H groups in total. The third-order valence-corrected chi connectivity index (χ3v) is 3.27. The molecule has 0 heterocycles. The topological polar surface area (TPSA) is 24.7 Å². The van der Waals surface area contributed by atoms with Crippen molar-refractivity contribution >= 4 is 36.5 Å². The van der Waals surface area contributed by atoms with Gasteiger partial charge in [0.15, 0.2) is 0 Å². The zero-order valence-electron chi connectivity index (χ0n) is 8.47. The van der Waals surface area contributed by atoms with Crippen molar-refractivity contribution in [3.63, 3.8) is 0 Å². The van der Waals surface area contributed by atoms with Gasteiger partial charge in [-0.2, -0.15) is 21.3 Å². The minimum absolute atomic E-state index is 0.215. The lowest BCUT2D eigenvalue weighted by atomic mass is 10.3. The molecule has 2 aromatic rings. The van der Waals surface area contributed by atoms with Crippen LogP contribution in [-0.2, 0) is 0 Å². The Morgan fingerprint density at radius 3 is 2.25 bits per heavy atom. The Morgan fingerprint density at radius 2 is 1.50 bits per heavy atom. The van der Waals surface area contributed by atoms with Gasteiger partial charge in [0, 0.05) is 0 Å². The van der Waals surface area contributed by atoms with Crippen LogP contribution in [0, 0.1) is 0 Å². The fourth-order valence-corrected chi connectivity index (χ4v) is 2.12. The Labute approximate surface area is 102 Å². The molecule has 2 radical (unpaired) electrons. The molecule has 0 bridgehead atoms. The number of halogens is 1. The minimum Gasteiger partial charge on any atom is -0.165 e. The van der Waals surface area contributed by atoms with E-state index in [1.165, 1.54) is 0 Å². The predicted molar refractivity (Wildman–Crippen MR) is 68.3 cm³/mol. The molecule has 2 rings (SSSR count). The summed E-state index contributed by atoms with van der Waals surface area (Å²) in [7, 11) is 0.215. The van der Waals surface area contributed by atoms with E-state index in [-0.39, 0.29) is 8.83 Å². The van der Waals surface area contributed by atoms with E-state index in [0.717, 1.165) is 16.6 Å². The molecule has 0 aliphatic rings. The van der Waals surface area contributed by atoms with E-state index in [0.29, 0.717) is 0 Å². The SMILES string of the molecule is Cl[Si]c1ccccc1N=Nc1ccccc1.